The normalized spacial score (nSPS) is 32.7. The van der Waals surface area contributed by atoms with Crippen LogP contribution in [0.15, 0.2) is 103 Å². The van der Waals surface area contributed by atoms with E-state index in [9.17, 15) is 34.8 Å². The second-order valence-electron chi connectivity index (χ2n) is 16.9. The molecule has 5 N–H and O–H groups in total. The Hall–Kier alpha value is -4.29. The lowest BCUT2D eigenvalue weighted by atomic mass is 9.81. The molecule has 1 aromatic carbocycles. The molecule has 1 amide bonds. The fourth-order valence-corrected chi connectivity index (χ4v) is 6.99. The van der Waals surface area contributed by atoms with Gasteiger partial charge in [-0.1, -0.05) is 133 Å². The van der Waals surface area contributed by atoms with Gasteiger partial charge in [-0.15, -0.1) is 0 Å². The van der Waals surface area contributed by atoms with Crippen LogP contribution in [0, 0.1) is 35.5 Å². The number of allylic oxidation sites excluding steroid dienone is 5. The first-order chi connectivity index (χ1) is 27.1. The Labute approximate surface area is 346 Å². The van der Waals surface area contributed by atoms with Crippen LogP contribution in [0.2, 0.25) is 0 Å². The third kappa shape index (κ3) is 16.9. The summed E-state index contributed by atoms with van der Waals surface area (Å²) in [6.45, 7) is 22.0. The Kier molecular flexibility index (Phi) is 20.6. The molecule has 2 rings (SSSR count). The monoisotopic (exact) mass is 807 g/mol. The largest absolute Gasteiger partial charge is 0.458 e. The van der Waals surface area contributed by atoms with Gasteiger partial charge in [-0.3, -0.25) is 0 Å². The molecule has 0 unspecified atom stereocenters. The SMILES string of the molecule is C=C/C=C\[C@H](C)[C@@H]1OC(=O)/C=C\C=C\[C@@H](C)[C@@H](O)C[C@H](OC(=O)[C@H](O)[C@@H](NC(=O)OC(C)(C)C)c2ccccc2)/C=C\[C@H](C)[C@H](O)[C@@H](C)/C=C(/C)C[C@H](C)[C@@H](O)[C@@H]1C. The molecule has 1 aliphatic heterocycles. The van der Waals surface area contributed by atoms with Crippen LogP contribution in [0.5, 0.6) is 0 Å². The van der Waals surface area contributed by atoms with Gasteiger partial charge >= 0.3 is 18.0 Å². The van der Waals surface area contributed by atoms with Crippen LogP contribution in [0.4, 0.5) is 4.79 Å². The number of aliphatic hydroxyl groups excluding tert-OH is 4. The Morgan fingerprint density at radius 2 is 1.60 bits per heavy atom. The van der Waals surface area contributed by atoms with Gasteiger partial charge in [0.15, 0.2) is 6.10 Å². The summed E-state index contributed by atoms with van der Waals surface area (Å²) in [7, 11) is 0. The van der Waals surface area contributed by atoms with Crippen molar-refractivity contribution >= 4 is 18.0 Å². The zero-order chi connectivity index (χ0) is 43.7. The number of carbonyl (C=O) groups excluding carboxylic acids is 3. The molecule has 0 spiro atoms. The average Bonchev–Trinajstić information content (AvgIpc) is 3.16. The van der Waals surface area contributed by atoms with Gasteiger partial charge in [-0.2, -0.15) is 0 Å². The minimum atomic E-state index is -1.85. The number of hydrogen-bond donors (Lipinski definition) is 5. The maximum atomic E-state index is 13.6. The van der Waals surface area contributed by atoms with Gasteiger partial charge in [0.25, 0.3) is 0 Å². The maximum Gasteiger partial charge on any atom is 0.408 e. The smallest absolute Gasteiger partial charge is 0.408 e. The second-order valence-corrected chi connectivity index (χ2v) is 16.9. The Morgan fingerprint density at radius 1 is 0.948 bits per heavy atom. The number of rotatable bonds is 8. The molecule has 0 saturated heterocycles. The van der Waals surface area contributed by atoms with Crippen molar-refractivity contribution in [2.24, 2.45) is 35.5 Å². The molecule has 11 nitrogen and oxygen atoms in total. The van der Waals surface area contributed by atoms with Crippen LogP contribution < -0.4 is 5.32 Å². The summed E-state index contributed by atoms with van der Waals surface area (Å²) in [6, 6.07) is 7.25. The van der Waals surface area contributed by atoms with E-state index >= 15 is 0 Å². The van der Waals surface area contributed by atoms with Crippen LogP contribution in [-0.2, 0) is 23.8 Å². The molecule has 322 valence electrons. The van der Waals surface area contributed by atoms with Gasteiger partial charge in [0.1, 0.15) is 17.8 Å². The summed E-state index contributed by atoms with van der Waals surface area (Å²) in [4.78, 5) is 39.5. The number of nitrogens with one attached hydrogen (secondary N) is 1. The number of ether oxygens (including phenoxy) is 3. The minimum Gasteiger partial charge on any atom is -0.458 e. The zero-order valence-electron chi connectivity index (χ0n) is 36.0. The van der Waals surface area contributed by atoms with E-state index in [4.69, 9.17) is 14.2 Å². The second kappa shape index (κ2) is 24.0. The van der Waals surface area contributed by atoms with Gasteiger partial charge in [-0.05, 0) is 51.7 Å². The summed E-state index contributed by atoms with van der Waals surface area (Å²) in [5.74, 6) is -3.65. The van der Waals surface area contributed by atoms with E-state index in [1.165, 1.54) is 12.2 Å². The van der Waals surface area contributed by atoms with E-state index in [0.717, 1.165) is 5.57 Å². The van der Waals surface area contributed by atoms with E-state index in [0.29, 0.717) is 12.0 Å². The van der Waals surface area contributed by atoms with Crippen molar-refractivity contribution in [3.05, 3.63) is 109 Å². The summed E-state index contributed by atoms with van der Waals surface area (Å²) >= 11 is 0. The standard InChI is InChI=1S/C47H69NO10/c1-12-13-19-32(5)44-35(8)42(52)34(7)27-29(2)26-33(6)41(51)31(4)24-25-37(28-38(49)30(3)20-17-18-23-39(50)57-44)56-45(54)43(53)40(36-21-15-14-16-22-36)48-46(55)58-47(9,10)11/h12-26,30-35,37-38,40-44,49,51-53H,1,27-28H2,2-11H3,(H,48,55)/b19-13-,20-17+,23-18-,25-24-,29-26-/t30-,31+,32+,33+,34+,35+,37-,38+,40+,41+,42-,43-,44+/m1/s1. The number of aliphatic hydroxyl groups is 4. The highest BCUT2D eigenvalue weighted by Gasteiger charge is 2.35. The molecule has 11 heteroatoms. The summed E-state index contributed by atoms with van der Waals surface area (Å²) in [6.07, 6.45) is 10.1. The predicted molar refractivity (Wildman–Crippen MR) is 227 cm³/mol. The van der Waals surface area contributed by atoms with E-state index in [1.54, 1.807) is 94.5 Å². The van der Waals surface area contributed by atoms with Crippen LogP contribution in [0.1, 0.15) is 93.7 Å². The zero-order valence-corrected chi connectivity index (χ0v) is 36.0. The number of amides is 1. The number of alkyl carbamates (subject to hydrolysis) is 1. The van der Waals surface area contributed by atoms with Crippen LogP contribution >= 0.6 is 0 Å². The molecule has 1 heterocycles. The van der Waals surface area contributed by atoms with Crippen molar-refractivity contribution < 1.29 is 49.0 Å². The number of hydrogen-bond acceptors (Lipinski definition) is 10. The number of carbonyl (C=O) groups is 3. The van der Waals surface area contributed by atoms with Crippen molar-refractivity contribution in [2.75, 3.05) is 0 Å². The first-order valence-electron chi connectivity index (χ1n) is 20.3. The topological polar surface area (TPSA) is 172 Å². The summed E-state index contributed by atoms with van der Waals surface area (Å²) in [5.41, 5.74) is 0.574. The highest BCUT2D eigenvalue weighted by molar-refractivity contribution is 5.82. The number of cyclic esters (lactones) is 1. The molecule has 58 heavy (non-hydrogen) atoms. The van der Waals surface area contributed by atoms with Crippen molar-refractivity contribution in [1.82, 2.24) is 5.32 Å². The first-order valence-corrected chi connectivity index (χ1v) is 20.3. The maximum absolute atomic E-state index is 13.6. The van der Waals surface area contributed by atoms with Gasteiger partial charge in [0.05, 0.1) is 24.4 Å². The molecule has 0 radical (unpaired) electrons. The third-order valence-electron chi connectivity index (χ3n) is 10.4. The van der Waals surface area contributed by atoms with Crippen LogP contribution in [0.25, 0.3) is 0 Å². The lowest BCUT2D eigenvalue weighted by molar-refractivity contribution is -0.160. The molecule has 0 aromatic heterocycles. The summed E-state index contributed by atoms with van der Waals surface area (Å²) in [5, 5.41) is 48.1. The molecule has 13 atom stereocenters. The van der Waals surface area contributed by atoms with Crippen molar-refractivity contribution in [3.63, 3.8) is 0 Å². The van der Waals surface area contributed by atoms with Crippen molar-refractivity contribution in [3.8, 4) is 0 Å². The first kappa shape index (κ1) is 49.9. The Morgan fingerprint density at radius 3 is 2.22 bits per heavy atom. The Balaban J connectivity index is 2.49. The molecule has 0 aliphatic carbocycles. The lowest BCUT2D eigenvalue weighted by Gasteiger charge is -2.33. The van der Waals surface area contributed by atoms with Crippen molar-refractivity contribution in [2.45, 2.75) is 130 Å². The predicted octanol–water partition coefficient (Wildman–Crippen LogP) is 7.49. The molecule has 0 saturated carbocycles. The fourth-order valence-electron chi connectivity index (χ4n) is 6.99. The molecule has 0 bridgehead atoms. The van der Waals surface area contributed by atoms with E-state index in [1.807, 2.05) is 53.7 Å². The number of esters is 2. The molecule has 1 aromatic rings. The molecule has 1 aliphatic rings. The van der Waals surface area contributed by atoms with E-state index in [-0.39, 0.29) is 24.2 Å². The Bertz CT molecular complexity index is 1610. The molecular formula is C47H69NO10. The molecular weight excluding hydrogens is 739 g/mol. The fraction of sp³-hybridized carbons (Fsp3) is 0.553. The van der Waals surface area contributed by atoms with E-state index in [2.05, 4.69) is 11.9 Å². The average molecular weight is 808 g/mol. The quantitative estimate of drug-likeness (QED) is 0.0768. The van der Waals surface area contributed by atoms with Gasteiger partial charge in [-0.25, -0.2) is 14.4 Å². The third-order valence-corrected chi connectivity index (χ3v) is 10.4. The van der Waals surface area contributed by atoms with Gasteiger partial charge in [0.2, 0.25) is 0 Å². The van der Waals surface area contributed by atoms with Crippen molar-refractivity contribution in [1.29, 1.82) is 0 Å². The lowest BCUT2D eigenvalue weighted by Crippen LogP contribution is -2.44. The van der Waals surface area contributed by atoms with Gasteiger partial charge in [0, 0.05) is 42.1 Å². The molecule has 0 fully saturated rings. The highest BCUT2D eigenvalue weighted by Crippen LogP contribution is 2.30. The van der Waals surface area contributed by atoms with Crippen LogP contribution in [0.3, 0.4) is 0 Å². The van der Waals surface area contributed by atoms with Crippen LogP contribution in [-0.4, -0.2) is 80.7 Å². The number of benzene rings is 1. The van der Waals surface area contributed by atoms with E-state index < -0.39 is 84.1 Å². The summed E-state index contributed by atoms with van der Waals surface area (Å²) < 4.78 is 17.1. The van der Waals surface area contributed by atoms with Gasteiger partial charge < -0.3 is 40.0 Å². The highest BCUT2D eigenvalue weighted by atomic mass is 16.6. The minimum absolute atomic E-state index is 0.0744.